The van der Waals surface area contributed by atoms with Crippen LogP contribution < -0.4 is 15.4 Å². The Balaban J connectivity index is 2.38. The second kappa shape index (κ2) is 6.64. The van der Waals surface area contributed by atoms with E-state index < -0.39 is 0 Å². The molecule has 2 N–H and O–H groups in total. The van der Waals surface area contributed by atoms with Crippen LogP contribution in [0.4, 0.5) is 5.69 Å². The van der Waals surface area contributed by atoms with Crippen molar-refractivity contribution < 1.29 is 4.74 Å². The van der Waals surface area contributed by atoms with Crippen LogP contribution in [-0.2, 0) is 0 Å². The van der Waals surface area contributed by atoms with Gasteiger partial charge >= 0.3 is 0 Å². The van der Waals surface area contributed by atoms with Gasteiger partial charge in [-0.3, -0.25) is 0 Å². The summed E-state index contributed by atoms with van der Waals surface area (Å²) < 4.78 is 5.66. The lowest BCUT2D eigenvalue weighted by Gasteiger charge is -2.20. The number of anilines is 1. The first-order chi connectivity index (χ1) is 8.37. The highest BCUT2D eigenvalue weighted by Crippen LogP contribution is 2.18. The average molecular weight is 250 g/mol. The lowest BCUT2D eigenvalue weighted by atomic mass is 10.1. The molecule has 1 aromatic rings. The zero-order valence-corrected chi connectivity index (χ0v) is 12.2. The molecule has 3 heteroatoms. The fraction of sp³-hybridized carbons (Fsp3) is 0.600. The first-order valence-electron chi connectivity index (χ1n) is 6.62. The van der Waals surface area contributed by atoms with Gasteiger partial charge in [0, 0.05) is 30.4 Å². The number of ether oxygens (including phenoxy) is 1. The summed E-state index contributed by atoms with van der Waals surface area (Å²) in [4.78, 5) is 0. The summed E-state index contributed by atoms with van der Waals surface area (Å²) >= 11 is 0. The maximum atomic E-state index is 5.66. The molecule has 0 saturated heterocycles. The van der Waals surface area contributed by atoms with Crippen molar-refractivity contribution in [2.75, 3.05) is 18.4 Å². The van der Waals surface area contributed by atoms with Crippen molar-refractivity contribution in [2.24, 2.45) is 0 Å². The highest BCUT2D eigenvalue weighted by Gasteiger charge is 2.07. The predicted molar refractivity (Wildman–Crippen MR) is 78.5 cm³/mol. The highest BCUT2D eigenvalue weighted by atomic mass is 16.5. The number of rotatable bonds is 6. The first-order valence-corrected chi connectivity index (χ1v) is 6.62. The molecular weight excluding hydrogens is 224 g/mol. The Morgan fingerprint density at radius 3 is 2.50 bits per heavy atom. The molecule has 102 valence electrons. The second-order valence-corrected chi connectivity index (χ2v) is 5.80. The third-order valence-corrected chi connectivity index (χ3v) is 2.32. The summed E-state index contributed by atoms with van der Waals surface area (Å²) in [5.74, 6) is 0.916. The van der Waals surface area contributed by atoms with E-state index in [2.05, 4.69) is 37.5 Å². The number of hydrogen-bond donors (Lipinski definition) is 2. The molecule has 0 bridgehead atoms. The van der Waals surface area contributed by atoms with Crippen molar-refractivity contribution in [3.05, 3.63) is 24.3 Å². The molecule has 3 nitrogen and oxygen atoms in total. The van der Waals surface area contributed by atoms with E-state index in [1.807, 2.05) is 32.0 Å². The topological polar surface area (TPSA) is 33.3 Å². The van der Waals surface area contributed by atoms with Gasteiger partial charge in [-0.1, -0.05) is 6.07 Å². The summed E-state index contributed by atoms with van der Waals surface area (Å²) in [6.07, 6.45) is 0.211. The molecular formula is C15H26N2O. The van der Waals surface area contributed by atoms with Crippen molar-refractivity contribution in [1.82, 2.24) is 5.32 Å². The maximum Gasteiger partial charge on any atom is 0.121 e. The summed E-state index contributed by atoms with van der Waals surface area (Å²) in [7, 11) is 0. The van der Waals surface area contributed by atoms with Gasteiger partial charge in [0.05, 0.1) is 6.10 Å². The van der Waals surface area contributed by atoms with Gasteiger partial charge in [-0.25, -0.2) is 0 Å². The molecule has 1 rings (SSSR count). The second-order valence-electron chi connectivity index (χ2n) is 5.80. The molecule has 0 spiro atoms. The minimum atomic E-state index is 0.171. The van der Waals surface area contributed by atoms with E-state index in [0.717, 1.165) is 24.5 Å². The van der Waals surface area contributed by atoms with E-state index in [1.54, 1.807) is 0 Å². The summed E-state index contributed by atoms with van der Waals surface area (Å²) in [6.45, 7) is 12.4. The Morgan fingerprint density at radius 2 is 1.89 bits per heavy atom. The number of hydrogen-bond acceptors (Lipinski definition) is 3. The minimum absolute atomic E-state index is 0.171. The van der Waals surface area contributed by atoms with Crippen molar-refractivity contribution >= 4 is 5.69 Å². The van der Waals surface area contributed by atoms with Crippen LogP contribution in [-0.4, -0.2) is 24.7 Å². The Hall–Kier alpha value is -1.22. The Morgan fingerprint density at radius 1 is 1.17 bits per heavy atom. The predicted octanol–water partition coefficient (Wildman–Crippen LogP) is 3.27. The van der Waals surface area contributed by atoms with Gasteiger partial charge in [0.15, 0.2) is 0 Å². The highest BCUT2D eigenvalue weighted by molar-refractivity contribution is 5.48. The van der Waals surface area contributed by atoms with Crippen molar-refractivity contribution in [1.29, 1.82) is 0 Å². The van der Waals surface area contributed by atoms with Gasteiger partial charge in [0.2, 0.25) is 0 Å². The molecule has 0 aliphatic carbocycles. The standard InChI is InChI=1S/C15H26N2O/c1-12(2)18-14-8-6-7-13(11-14)16-9-10-17-15(3,4)5/h6-8,11-12,16-17H,9-10H2,1-5H3. The Labute approximate surface area is 111 Å². The molecule has 0 radical (unpaired) electrons. The first kappa shape index (κ1) is 14.8. The largest absolute Gasteiger partial charge is 0.491 e. The maximum absolute atomic E-state index is 5.66. The van der Waals surface area contributed by atoms with Gasteiger partial charge in [-0.05, 0) is 46.8 Å². The fourth-order valence-corrected chi connectivity index (χ4v) is 1.60. The van der Waals surface area contributed by atoms with Crippen molar-refractivity contribution in [2.45, 2.75) is 46.3 Å². The third-order valence-electron chi connectivity index (χ3n) is 2.32. The molecule has 18 heavy (non-hydrogen) atoms. The van der Waals surface area contributed by atoms with Crippen LogP contribution in [0.15, 0.2) is 24.3 Å². The number of nitrogens with one attached hydrogen (secondary N) is 2. The van der Waals surface area contributed by atoms with E-state index in [4.69, 9.17) is 4.74 Å². The van der Waals surface area contributed by atoms with E-state index in [0.29, 0.717) is 0 Å². The van der Waals surface area contributed by atoms with Gasteiger partial charge < -0.3 is 15.4 Å². The Bertz CT molecular complexity index is 356. The number of benzene rings is 1. The quantitative estimate of drug-likeness (QED) is 0.760. The van der Waals surface area contributed by atoms with Crippen LogP contribution in [0, 0.1) is 0 Å². The summed E-state index contributed by atoms with van der Waals surface area (Å²) in [5, 5.41) is 6.83. The molecule has 0 aliphatic heterocycles. The zero-order valence-electron chi connectivity index (χ0n) is 12.2. The molecule has 0 aromatic heterocycles. The van der Waals surface area contributed by atoms with Gasteiger partial charge in [0.1, 0.15) is 5.75 Å². The van der Waals surface area contributed by atoms with Crippen molar-refractivity contribution in [3.63, 3.8) is 0 Å². The molecule has 0 amide bonds. The van der Waals surface area contributed by atoms with E-state index in [-0.39, 0.29) is 11.6 Å². The lowest BCUT2D eigenvalue weighted by Crippen LogP contribution is -2.38. The summed E-state index contributed by atoms with van der Waals surface area (Å²) in [5.41, 5.74) is 1.27. The Kier molecular flexibility index (Phi) is 5.48. The molecule has 0 unspecified atom stereocenters. The van der Waals surface area contributed by atoms with Crippen LogP contribution >= 0.6 is 0 Å². The van der Waals surface area contributed by atoms with E-state index in [1.165, 1.54) is 0 Å². The van der Waals surface area contributed by atoms with Crippen LogP contribution in [0.5, 0.6) is 5.75 Å². The zero-order chi connectivity index (χ0) is 13.6. The van der Waals surface area contributed by atoms with E-state index >= 15 is 0 Å². The lowest BCUT2D eigenvalue weighted by molar-refractivity contribution is 0.242. The van der Waals surface area contributed by atoms with Crippen LogP contribution in [0.3, 0.4) is 0 Å². The molecule has 1 aromatic carbocycles. The normalized spacial score (nSPS) is 11.7. The smallest absolute Gasteiger partial charge is 0.121 e. The third kappa shape index (κ3) is 6.50. The van der Waals surface area contributed by atoms with E-state index in [9.17, 15) is 0 Å². The monoisotopic (exact) mass is 250 g/mol. The molecule has 0 saturated carbocycles. The van der Waals surface area contributed by atoms with Crippen LogP contribution in [0.1, 0.15) is 34.6 Å². The van der Waals surface area contributed by atoms with Crippen LogP contribution in [0.25, 0.3) is 0 Å². The van der Waals surface area contributed by atoms with Crippen molar-refractivity contribution in [3.8, 4) is 5.75 Å². The van der Waals surface area contributed by atoms with Gasteiger partial charge in [-0.2, -0.15) is 0 Å². The molecule has 0 atom stereocenters. The molecule has 0 heterocycles. The van der Waals surface area contributed by atoms with Gasteiger partial charge in [0.25, 0.3) is 0 Å². The summed E-state index contributed by atoms with van der Waals surface area (Å²) in [6, 6.07) is 8.09. The SMILES string of the molecule is CC(C)Oc1cccc(NCCNC(C)(C)C)c1. The molecule has 0 fully saturated rings. The van der Waals surface area contributed by atoms with Gasteiger partial charge in [-0.15, -0.1) is 0 Å². The minimum Gasteiger partial charge on any atom is -0.491 e. The molecule has 0 aliphatic rings. The fourth-order valence-electron chi connectivity index (χ4n) is 1.60. The van der Waals surface area contributed by atoms with Crippen LogP contribution in [0.2, 0.25) is 0 Å². The average Bonchev–Trinajstić information content (AvgIpc) is 2.23.